The van der Waals surface area contributed by atoms with Crippen LogP contribution < -0.4 is 5.73 Å². The van der Waals surface area contributed by atoms with E-state index in [0.29, 0.717) is 29.1 Å². The number of halogens is 1. The van der Waals surface area contributed by atoms with Crippen molar-refractivity contribution < 1.29 is 9.47 Å². The Morgan fingerprint density at radius 1 is 1.38 bits per heavy atom. The van der Waals surface area contributed by atoms with Crippen LogP contribution in [-0.4, -0.2) is 30.3 Å². The number of anilines is 1. The first kappa shape index (κ1) is 13.3. The van der Waals surface area contributed by atoms with E-state index >= 15 is 0 Å². The number of rotatable bonds is 5. The van der Waals surface area contributed by atoms with Gasteiger partial charge in [0.05, 0.1) is 22.9 Å². The molecule has 0 aromatic carbocycles. The summed E-state index contributed by atoms with van der Waals surface area (Å²) in [5.41, 5.74) is 6.53. The number of nitrogens with two attached hydrogens (primary N) is 1. The highest BCUT2D eigenvalue weighted by atomic mass is 79.9. The van der Waals surface area contributed by atoms with Crippen molar-refractivity contribution >= 4 is 21.7 Å². The van der Waals surface area contributed by atoms with Crippen LogP contribution in [0.15, 0.2) is 4.47 Å². The lowest BCUT2D eigenvalue weighted by atomic mass is 10.2. The molecule has 1 aromatic heterocycles. The molecule has 0 spiro atoms. The van der Waals surface area contributed by atoms with Crippen LogP contribution in [0.1, 0.15) is 18.4 Å². The van der Waals surface area contributed by atoms with Crippen molar-refractivity contribution in [3.63, 3.8) is 0 Å². The lowest BCUT2D eigenvalue weighted by Gasteiger charge is -2.11. The van der Waals surface area contributed by atoms with Crippen LogP contribution in [-0.2, 0) is 22.5 Å². The Morgan fingerprint density at radius 3 is 2.62 bits per heavy atom. The highest BCUT2D eigenvalue weighted by Gasteiger charge is 2.12. The third kappa shape index (κ3) is 3.40. The number of hydrogen-bond acceptors (Lipinski definition) is 5. The van der Waals surface area contributed by atoms with E-state index in [-0.39, 0.29) is 6.10 Å². The van der Waals surface area contributed by atoms with Gasteiger partial charge in [-0.3, -0.25) is 0 Å². The Labute approximate surface area is 103 Å². The summed E-state index contributed by atoms with van der Waals surface area (Å²) in [6.07, 6.45) is 0.695. The number of methoxy groups -OCH3 is 2. The van der Waals surface area contributed by atoms with Gasteiger partial charge in [0.15, 0.2) is 0 Å². The largest absolute Gasteiger partial charge is 0.383 e. The van der Waals surface area contributed by atoms with Crippen molar-refractivity contribution in [2.45, 2.75) is 26.1 Å². The molecule has 0 bridgehead atoms. The molecule has 1 rings (SSSR count). The second-order valence-electron chi connectivity index (χ2n) is 3.47. The number of nitrogen functional groups attached to an aromatic ring is 1. The summed E-state index contributed by atoms with van der Waals surface area (Å²) >= 11 is 3.34. The van der Waals surface area contributed by atoms with E-state index in [2.05, 4.69) is 25.9 Å². The Balaban J connectivity index is 2.94. The van der Waals surface area contributed by atoms with E-state index in [4.69, 9.17) is 15.2 Å². The maximum absolute atomic E-state index is 5.77. The number of hydrogen-bond donors (Lipinski definition) is 1. The second kappa shape index (κ2) is 6.12. The first-order valence-electron chi connectivity index (χ1n) is 4.91. The monoisotopic (exact) mass is 289 g/mol. The Kier molecular flexibility index (Phi) is 5.11. The second-order valence-corrected chi connectivity index (χ2v) is 4.26. The van der Waals surface area contributed by atoms with Gasteiger partial charge in [-0.05, 0) is 22.9 Å². The molecule has 1 atom stereocenters. The van der Waals surface area contributed by atoms with Crippen LogP contribution in [0.5, 0.6) is 0 Å². The van der Waals surface area contributed by atoms with Crippen LogP contribution in [0.4, 0.5) is 5.82 Å². The van der Waals surface area contributed by atoms with Gasteiger partial charge in [-0.15, -0.1) is 0 Å². The van der Waals surface area contributed by atoms with Crippen molar-refractivity contribution in [1.29, 1.82) is 0 Å². The average Bonchev–Trinajstić information content (AvgIpc) is 2.25. The molecule has 0 saturated heterocycles. The Bertz CT molecular complexity index is 360. The van der Waals surface area contributed by atoms with Gasteiger partial charge in [0.1, 0.15) is 11.6 Å². The highest BCUT2D eigenvalue weighted by Crippen LogP contribution is 2.22. The predicted molar refractivity (Wildman–Crippen MR) is 65.0 cm³/mol. The van der Waals surface area contributed by atoms with Gasteiger partial charge < -0.3 is 15.2 Å². The van der Waals surface area contributed by atoms with Crippen molar-refractivity contribution in [2.75, 3.05) is 20.0 Å². The molecule has 5 nitrogen and oxygen atoms in total. The highest BCUT2D eigenvalue weighted by molar-refractivity contribution is 9.10. The third-order valence-electron chi connectivity index (χ3n) is 2.15. The Morgan fingerprint density at radius 2 is 2.06 bits per heavy atom. The van der Waals surface area contributed by atoms with E-state index in [1.165, 1.54) is 0 Å². The fraction of sp³-hybridized carbons (Fsp3) is 0.600. The molecule has 0 saturated carbocycles. The molecule has 90 valence electrons. The van der Waals surface area contributed by atoms with Crippen LogP contribution in [0.3, 0.4) is 0 Å². The molecule has 2 N–H and O–H groups in total. The molecule has 0 aliphatic heterocycles. The van der Waals surface area contributed by atoms with E-state index in [9.17, 15) is 0 Å². The lowest BCUT2D eigenvalue weighted by molar-refractivity contribution is 0.116. The van der Waals surface area contributed by atoms with E-state index in [1.807, 2.05) is 6.92 Å². The summed E-state index contributed by atoms with van der Waals surface area (Å²) in [6, 6.07) is 0. The molecule has 1 aromatic rings. The lowest BCUT2D eigenvalue weighted by Crippen LogP contribution is -2.14. The summed E-state index contributed by atoms with van der Waals surface area (Å²) in [5, 5.41) is 0. The van der Waals surface area contributed by atoms with Gasteiger partial charge in [0.25, 0.3) is 0 Å². The molecule has 0 amide bonds. The van der Waals surface area contributed by atoms with Gasteiger partial charge in [-0.2, -0.15) is 0 Å². The van der Waals surface area contributed by atoms with Gasteiger partial charge in [0, 0.05) is 20.6 Å². The van der Waals surface area contributed by atoms with Crippen LogP contribution in [0.25, 0.3) is 0 Å². The maximum atomic E-state index is 5.77. The number of ether oxygens (including phenoxy) is 2. The molecule has 0 aliphatic carbocycles. The van der Waals surface area contributed by atoms with Gasteiger partial charge in [-0.25, -0.2) is 9.97 Å². The fourth-order valence-electron chi connectivity index (χ4n) is 1.23. The molecule has 6 heteroatoms. The zero-order valence-electron chi connectivity index (χ0n) is 9.66. The van der Waals surface area contributed by atoms with Crippen LogP contribution >= 0.6 is 15.9 Å². The van der Waals surface area contributed by atoms with Gasteiger partial charge >= 0.3 is 0 Å². The molecular weight excluding hydrogens is 274 g/mol. The number of aromatic nitrogens is 2. The topological polar surface area (TPSA) is 70.3 Å². The Hall–Kier alpha value is -0.720. The van der Waals surface area contributed by atoms with Crippen molar-refractivity contribution in [3.05, 3.63) is 16.0 Å². The smallest absolute Gasteiger partial charge is 0.141 e. The van der Waals surface area contributed by atoms with E-state index in [1.54, 1.807) is 14.2 Å². The summed E-state index contributed by atoms with van der Waals surface area (Å²) in [4.78, 5) is 8.56. The molecule has 0 radical (unpaired) electrons. The summed E-state index contributed by atoms with van der Waals surface area (Å²) in [7, 11) is 3.27. The van der Waals surface area contributed by atoms with Gasteiger partial charge in [0.2, 0.25) is 0 Å². The quantitative estimate of drug-likeness (QED) is 0.890. The zero-order valence-corrected chi connectivity index (χ0v) is 11.2. The normalized spacial score (nSPS) is 12.8. The molecule has 0 aliphatic rings. The van der Waals surface area contributed by atoms with Crippen molar-refractivity contribution in [1.82, 2.24) is 9.97 Å². The molecular formula is C10H16BrN3O2. The van der Waals surface area contributed by atoms with Crippen LogP contribution in [0, 0.1) is 0 Å². The number of nitrogens with zero attached hydrogens (tertiary/aromatic N) is 2. The average molecular weight is 290 g/mol. The van der Waals surface area contributed by atoms with Crippen molar-refractivity contribution in [2.24, 2.45) is 0 Å². The predicted octanol–water partition coefficient (Wildman–Crippen LogP) is 1.55. The standard InChI is InChI=1S/C10H16BrN3O2/c1-6(16-3)4-8-13-7(5-15-2)9(11)10(12)14-8/h6H,4-5H2,1-3H3,(H2,12,13,14). The fourth-order valence-corrected chi connectivity index (χ4v) is 1.52. The minimum Gasteiger partial charge on any atom is -0.383 e. The summed E-state index contributed by atoms with van der Waals surface area (Å²) < 4.78 is 10.9. The minimum atomic E-state index is 0.0657. The zero-order chi connectivity index (χ0) is 12.1. The minimum absolute atomic E-state index is 0.0657. The molecule has 1 unspecified atom stereocenters. The summed E-state index contributed by atoms with van der Waals surface area (Å²) in [6.45, 7) is 2.36. The maximum Gasteiger partial charge on any atom is 0.141 e. The summed E-state index contributed by atoms with van der Waals surface area (Å²) in [5.74, 6) is 1.10. The first-order chi connectivity index (χ1) is 7.58. The van der Waals surface area contributed by atoms with Crippen molar-refractivity contribution in [3.8, 4) is 0 Å². The molecule has 16 heavy (non-hydrogen) atoms. The first-order valence-corrected chi connectivity index (χ1v) is 5.70. The SMILES string of the molecule is COCc1nc(CC(C)OC)nc(N)c1Br. The van der Waals surface area contributed by atoms with E-state index in [0.717, 1.165) is 5.69 Å². The van der Waals surface area contributed by atoms with Gasteiger partial charge in [-0.1, -0.05) is 0 Å². The molecule has 1 heterocycles. The van der Waals surface area contributed by atoms with Crippen LogP contribution in [0.2, 0.25) is 0 Å². The van der Waals surface area contributed by atoms with E-state index < -0.39 is 0 Å². The third-order valence-corrected chi connectivity index (χ3v) is 3.01. The molecule has 0 fully saturated rings.